The van der Waals surface area contributed by atoms with Crippen LogP contribution in [-0.4, -0.2) is 19.9 Å². The van der Waals surface area contributed by atoms with Crippen molar-refractivity contribution in [2.75, 3.05) is 0 Å². The van der Waals surface area contributed by atoms with E-state index in [0.29, 0.717) is 12.4 Å². The highest BCUT2D eigenvalue weighted by atomic mass is 16.5. The third kappa shape index (κ3) is 2.82. The lowest BCUT2D eigenvalue weighted by atomic mass is 10.1. The van der Waals surface area contributed by atoms with Crippen molar-refractivity contribution >= 4 is 0 Å². The first kappa shape index (κ1) is 11.6. The zero-order chi connectivity index (χ0) is 12.3. The normalized spacial score (nSPS) is 12.4. The molecule has 2 rings (SSSR count). The Morgan fingerprint density at radius 1 is 1.47 bits per heavy atom. The predicted octanol–water partition coefficient (Wildman–Crippen LogP) is 1.45. The molecule has 5 heteroatoms. The third-order valence-corrected chi connectivity index (χ3v) is 2.51. The number of aryl methyl sites for hydroxylation is 1. The van der Waals surface area contributed by atoms with Crippen LogP contribution in [0.4, 0.5) is 0 Å². The molecule has 0 aliphatic heterocycles. The van der Waals surface area contributed by atoms with Gasteiger partial charge in [-0.15, -0.1) is 0 Å². The number of nitrogens with zero attached hydrogens (tertiary/aromatic N) is 3. The van der Waals surface area contributed by atoms with Gasteiger partial charge >= 0.3 is 0 Å². The highest BCUT2D eigenvalue weighted by Crippen LogP contribution is 2.19. The van der Waals surface area contributed by atoms with E-state index >= 15 is 0 Å². The lowest BCUT2D eigenvalue weighted by molar-refractivity contribution is 0.198. The first-order valence-corrected chi connectivity index (χ1v) is 5.40. The molecule has 0 fully saturated rings. The summed E-state index contributed by atoms with van der Waals surface area (Å²) in [7, 11) is 1.82. The summed E-state index contributed by atoms with van der Waals surface area (Å²) in [4.78, 5) is 4.07. The van der Waals surface area contributed by atoms with Crippen molar-refractivity contribution in [3.05, 3.63) is 42.0 Å². The van der Waals surface area contributed by atoms with E-state index in [0.717, 1.165) is 11.4 Å². The number of ether oxygens (including phenoxy) is 1. The van der Waals surface area contributed by atoms with Crippen LogP contribution in [0.3, 0.4) is 0 Å². The van der Waals surface area contributed by atoms with Gasteiger partial charge in [0.1, 0.15) is 18.7 Å². The monoisotopic (exact) mass is 233 g/mol. The Hall–Kier alpha value is -1.88. The molecule has 1 aromatic heterocycles. The molecule has 1 heterocycles. The zero-order valence-corrected chi connectivity index (χ0v) is 9.87. The van der Waals surface area contributed by atoms with Crippen molar-refractivity contribution in [2.45, 2.75) is 19.6 Å². The molecule has 0 amide bonds. The number of aromatic nitrogens is 3. The van der Waals surface area contributed by atoms with E-state index < -0.39 is 6.10 Å². The van der Waals surface area contributed by atoms with Crippen molar-refractivity contribution < 1.29 is 9.84 Å². The number of hydrogen-bond acceptors (Lipinski definition) is 4. The van der Waals surface area contributed by atoms with E-state index in [2.05, 4.69) is 10.1 Å². The second kappa shape index (κ2) is 4.97. The average molecular weight is 233 g/mol. The first-order chi connectivity index (χ1) is 8.16. The highest BCUT2D eigenvalue weighted by Gasteiger charge is 2.04. The van der Waals surface area contributed by atoms with Gasteiger partial charge in [0.25, 0.3) is 0 Å². The third-order valence-electron chi connectivity index (χ3n) is 2.51. The molecule has 1 aromatic carbocycles. The first-order valence-electron chi connectivity index (χ1n) is 5.40. The van der Waals surface area contributed by atoms with E-state index in [1.807, 2.05) is 31.3 Å². The molecule has 0 saturated carbocycles. The van der Waals surface area contributed by atoms with Crippen LogP contribution in [0.15, 0.2) is 30.6 Å². The van der Waals surface area contributed by atoms with Gasteiger partial charge in [0, 0.05) is 7.05 Å². The van der Waals surface area contributed by atoms with Crippen molar-refractivity contribution in [1.82, 2.24) is 14.8 Å². The van der Waals surface area contributed by atoms with Gasteiger partial charge in [-0.2, -0.15) is 5.10 Å². The Balaban J connectivity index is 2.04. The van der Waals surface area contributed by atoms with Gasteiger partial charge in [0.2, 0.25) is 0 Å². The Morgan fingerprint density at radius 2 is 2.29 bits per heavy atom. The quantitative estimate of drug-likeness (QED) is 0.868. The minimum Gasteiger partial charge on any atom is -0.486 e. The molecule has 0 radical (unpaired) electrons. The minimum absolute atomic E-state index is 0.361. The fourth-order valence-corrected chi connectivity index (χ4v) is 1.46. The Kier molecular flexibility index (Phi) is 3.39. The number of aliphatic hydroxyl groups is 1. The summed E-state index contributed by atoms with van der Waals surface area (Å²) >= 11 is 0. The molecule has 1 N–H and O–H groups in total. The Morgan fingerprint density at radius 3 is 2.94 bits per heavy atom. The molecular formula is C12H15N3O2. The lowest BCUT2D eigenvalue weighted by Crippen LogP contribution is -2.04. The van der Waals surface area contributed by atoms with E-state index in [-0.39, 0.29) is 0 Å². The largest absolute Gasteiger partial charge is 0.486 e. The summed E-state index contributed by atoms with van der Waals surface area (Å²) in [6.07, 6.45) is 0.999. The van der Waals surface area contributed by atoms with Gasteiger partial charge in [0.15, 0.2) is 5.82 Å². The zero-order valence-electron chi connectivity index (χ0n) is 9.87. The van der Waals surface area contributed by atoms with Crippen molar-refractivity contribution in [3.63, 3.8) is 0 Å². The van der Waals surface area contributed by atoms with Crippen molar-refractivity contribution in [2.24, 2.45) is 7.05 Å². The topological polar surface area (TPSA) is 60.2 Å². The van der Waals surface area contributed by atoms with E-state index in [1.54, 1.807) is 11.6 Å². The SMILES string of the molecule is CC(O)c1cccc(OCc2ncnn2C)c1. The summed E-state index contributed by atoms with van der Waals surface area (Å²) in [5.41, 5.74) is 0.834. The van der Waals surface area contributed by atoms with Gasteiger partial charge < -0.3 is 9.84 Å². The maximum Gasteiger partial charge on any atom is 0.164 e. The summed E-state index contributed by atoms with van der Waals surface area (Å²) in [6, 6.07) is 7.39. The van der Waals surface area contributed by atoms with Gasteiger partial charge in [0.05, 0.1) is 6.10 Å². The summed E-state index contributed by atoms with van der Waals surface area (Å²) in [5.74, 6) is 1.47. The van der Waals surface area contributed by atoms with Crippen LogP contribution in [0.25, 0.3) is 0 Å². The molecule has 90 valence electrons. The van der Waals surface area contributed by atoms with Crippen LogP contribution in [0.1, 0.15) is 24.4 Å². The Labute approximate surface area is 99.7 Å². The molecule has 1 unspecified atom stereocenters. The Bertz CT molecular complexity index is 494. The molecule has 0 spiro atoms. The number of benzene rings is 1. The highest BCUT2D eigenvalue weighted by molar-refractivity contribution is 5.29. The summed E-state index contributed by atoms with van der Waals surface area (Å²) in [5, 5.41) is 13.4. The molecule has 0 saturated heterocycles. The minimum atomic E-state index is -0.492. The van der Waals surface area contributed by atoms with Crippen molar-refractivity contribution in [1.29, 1.82) is 0 Å². The smallest absolute Gasteiger partial charge is 0.164 e. The van der Waals surface area contributed by atoms with Gasteiger partial charge in [-0.3, -0.25) is 4.68 Å². The van der Waals surface area contributed by atoms with Crippen LogP contribution in [-0.2, 0) is 13.7 Å². The summed E-state index contributed by atoms with van der Waals surface area (Å²) < 4.78 is 7.25. The van der Waals surface area contributed by atoms with Gasteiger partial charge in [-0.1, -0.05) is 12.1 Å². The van der Waals surface area contributed by atoms with Crippen LogP contribution < -0.4 is 4.74 Å². The van der Waals surface area contributed by atoms with Crippen LogP contribution in [0.5, 0.6) is 5.75 Å². The molecule has 1 atom stereocenters. The molecule has 0 aliphatic carbocycles. The second-order valence-corrected chi connectivity index (χ2v) is 3.84. The van der Waals surface area contributed by atoms with Gasteiger partial charge in [-0.05, 0) is 24.6 Å². The van der Waals surface area contributed by atoms with Gasteiger partial charge in [-0.25, -0.2) is 4.98 Å². The average Bonchev–Trinajstić information content (AvgIpc) is 2.72. The fraction of sp³-hybridized carbons (Fsp3) is 0.333. The van der Waals surface area contributed by atoms with E-state index in [9.17, 15) is 5.11 Å². The lowest BCUT2D eigenvalue weighted by Gasteiger charge is -2.09. The number of aliphatic hydroxyl groups excluding tert-OH is 1. The maximum atomic E-state index is 9.46. The van der Waals surface area contributed by atoms with Crippen LogP contribution in [0, 0.1) is 0 Å². The molecule has 0 aliphatic rings. The van der Waals surface area contributed by atoms with E-state index in [4.69, 9.17) is 4.74 Å². The predicted molar refractivity (Wildman–Crippen MR) is 62.4 cm³/mol. The van der Waals surface area contributed by atoms with Crippen molar-refractivity contribution in [3.8, 4) is 5.75 Å². The maximum absolute atomic E-state index is 9.46. The molecule has 0 bridgehead atoms. The fourth-order valence-electron chi connectivity index (χ4n) is 1.46. The number of rotatable bonds is 4. The molecule has 17 heavy (non-hydrogen) atoms. The summed E-state index contributed by atoms with van der Waals surface area (Å²) in [6.45, 7) is 2.08. The standard InChI is InChI=1S/C12H15N3O2/c1-9(16)10-4-3-5-11(6-10)17-7-12-13-8-14-15(12)2/h3-6,8-9,16H,7H2,1-2H3. The number of hydrogen-bond donors (Lipinski definition) is 1. The van der Waals surface area contributed by atoms with E-state index in [1.165, 1.54) is 6.33 Å². The van der Waals surface area contributed by atoms with Crippen LogP contribution in [0.2, 0.25) is 0 Å². The van der Waals surface area contributed by atoms with Crippen LogP contribution >= 0.6 is 0 Å². The second-order valence-electron chi connectivity index (χ2n) is 3.84. The molecular weight excluding hydrogens is 218 g/mol. The molecule has 5 nitrogen and oxygen atoms in total. The molecule has 2 aromatic rings.